The molecular weight excluding hydrogens is 200 g/mol. The van der Waals surface area contributed by atoms with Gasteiger partial charge in [0.05, 0.1) is 0 Å². The van der Waals surface area contributed by atoms with Crippen molar-refractivity contribution < 1.29 is 9.53 Å². The van der Waals surface area contributed by atoms with Crippen LogP contribution < -0.4 is 4.74 Å². The normalized spacial score (nSPS) is 9.38. The lowest BCUT2D eigenvalue weighted by Crippen LogP contribution is -2.06. The largest absolute Gasteiger partial charge is 0.486 e. The van der Waals surface area contributed by atoms with Gasteiger partial charge < -0.3 is 4.74 Å². The lowest BCUT2D eigenvalue weighted by atomic mass is 10.0. The van der Waals surface area contributed by atoms with Crippen LogP contribution in [-0.4, -0.2) is 12.4 Å². The van der Waals surface area contributed by atoms with E-state index in [4.69, 9.17) is 4.74 Å². The average molecular weight is 222 g/mol. The van der Waals surface area contributed by atoms with Crippen LogP contribution in [0, 0.1) is 0 Å². The minimum absolute atomic E-state index is 0.0398. The predicted molar refractivity (Wildman–Crippen MR) is 68.1 cm³/mol. The van der Waals surface area contributed by atoms with Crippen LogP contribution in [0.25, 0.3) is 0 Å². The van der Waals surface area contributed by atoms with Crippen LogP contribution in [0.3, 0.4) is 0 Å². The Morgan fingerprint density at radius 1 is 1.19 bits per heavy atom. The number of hydrogen-bond donors (Lipinski definition) is 0. The monoisotopic (exact) mass is 222 g/mol. The molecule has 2 nitrogen and oxygen atoms in total. The van der Waals surface area contributed by atoms with Crippen LogP contribution in [0.15, 0.2) is 24.3 Å². The first-order valence-electron chi connectivity index (χ1n) is 5.82. The zero-order chi connectivity index (χ0) is 12.6. The molecule has 0 spiro atoms. The van der Waals surface area contributed by atoms with Gasteiger partial charge in [0.1, 0.15) is 12.4 Å². The van der Waals surface area contributed by atoms with Gasteiger partial charge in [0.15, 0.2) is 5.78 Å². The fraction of sp³-hybridized carbons (Fsp3) is 0.500. The van der Waals surface area contributed by atoms with Crippen molar-refractivity contribution in [1.82, 2.24) is 0 Å². The van der Waals surface area contributed by atoms with Crippen LogP contribution in [0.2, 0.25) is 0 Å². The van der Waals surface area contributed by atoms with Crippen molar-refractivity contribution in [2.75, 3.05) is 6.61 Å². The molecular formula is C14H22O2. The molecule has 0 aromatic heterocycles. The number of ketones is 1. The van der Waals surface area contributed by atoms with Gasteiger partial charge in [0.25, 0.3) is 0 Å². The summed E-state index contributed by atoms with van der Waals surface area (Å²) >= 11 is 0. The van der Waals surface area contributed by atoms with E-state index in [9.17, 15) is 4.79 Å². The van der Waals surface area contributed by atoms with Crippen molar-refractivity contribution in [2.24, 2.45) is 0 Å². The Labute approximate surface area is 98.6 Å². The Kier molecular flexibility index (Phi) is 7.27. The van der Waals surface area contributed by atoms with Crippen molar-refractivity contribution in [1.29, 1.82) is 0 Å². The molecule has 0 saturated heterocycles. The molecule has 1 rings (SSSR count). The Balaban J connectivity index is 0.00000106. The van der Waals surface area contributed by atoms with E-state index < -0.39 is 0 Å². The van der Waals surface area contributed by atoms with Gasteiger partial charge in [-0.05, 0) is 30.5 Å². The highest BCUT2D eigenvalue weighted by atomic mass is 16.5. The third-order valence-electron chi connectivity index (χ3n) is 1.99. The van der Waals surface area contributed by atoms with Crippen molar-refractivity contribution in [3.8, 4) is 5.75 Å². The van der Waals surface area contributed by atoms with E-state index in [1.165, 1.54) is 12.5 Å². The first kappa shape index (κ1) is 14.7. The first-order chi connectivity index (χ1) is 7.59. The van der Waals surface area contributed by atoms with E-state index in [0.29, 0.717) is 5.92 Å². The van der Waals surface area contributed by atoms with Gasteiger partial charge in [-0.1, -0.05) is 39.8 Å². The second-order valence-corrected chi connectivity index (χ2v) is 3.71. The molecule has 0 aliphatic carbocycles. The lowest BCUT2D eigenvalue weighted by molar-refractivity contribution is -0.118. The molecule has 0 aliphatic heterocycles. The second kappa shape index (κ2) is 7.91. The van der Waals surface area contributed by atoms with E-state index in [1.54, 1.807) is 0 Å². The lowest BCUT2D eigenvalue weighted by Gasteiger charge is -2.07. The molecule has 0 heterocycles. The highest BCUT2D eigenvalue weighted by Crippen LogP contribution is 2.18. The predicted octanol–water partition coefficient (Wildman–Crippen LogP) is 3.80. The molecule has 0 aliphatic rings. The molecule has 0 N–H and O–H groups in total. The van der Waals surface area contributed by atoms with Gasteiger partial charge in [-0.3, -0.25) is 4.79 Å². The maximum atomic E-state index is 10.7. The van der Waals surface area contributed by atoms with Gasteiger partial charge in [0, 0.05) is 0 Å². The van der Waals surface area contributed by atoms with Crippen molar-refractivity contribution in [3.05, 3.63) is 29.8 Å². The molecule has 0 unspecified atom stereocenters. The Hall–Kier alpha value is -1.31. The highest BCUT2D eigenvalue weighted by molar-refractivity contribution is 5.77. The standard InChI is InChI=1S/C12H16O2.C2H6/c1-9(2)11-4-6-12(7-5-11)14-8-10(3)13;1-2/h4-7,9H,8H2,1-3H3;1-2H3. The second-order valence-electron chi connectivity index (χ2n) is 3.71. The number of Topliss-reactive ketones (excluding diaryl/α,β-unsaturated/α-hetero) is 1. The summed E-state index contributed by atoms with van der Waals surface area (Å²) in [5, 5.41) is 0. The average Bonchev–Trinajstić information content (AvgIpc) is 2.29. The van der Waals surface area contributed by atoms with Gasteiger partial charge in [-0.25, -0.2) is 0 Å². The molecule has 0 saturated carbocycles. The van der Waals surface area contributed by atoms with Gasteiger partial charge in [0.2, 0.25) is 0 Å². The fourth-order valence-corrected chi connectivity index (χ4v) is 1.13. The number of hydrogen-bond acceptors (Lipinski definition) is 2. The number of carbonyl (C=O) groups is 1. The summed E-state index contributed by atoms with van der Waals surface area (Å²) in [6.45, 7) is 9.96. The van der Waals surface area contributed by atoms with Crippen LogP contribution in [0.1, 0.15) is 46.1 Å². The maximum Gasteiger partial charge on any atom is 0.167 e. The molecule has 0 atom stereocenters. The third kappa shape index (κ3) is 5.54. The number of rotatable bonds is 4. The topological polar surface area (TPSA) is 26.3 Å². The SMILES string of the molecule is CC.CC(=O)COc1ccc(C(C)C)cc1. The zero-order valence-corrected chi connectivity index (χ0v) is 10.9. The van der Waals surface area contributed by atoms with E-state index in [-0.39, 0.29) is 12.4 Å². The number of ether oxygens (including phenoxy) is 1. The number of benzene rings is 1. The quantitative estimate of drug-likeness (QED) is 0.774. The number of carbonyl (C=O) groups excluding carboxylic acids is 1. The molecule has 1 aromatic rings. The van der Waals surface area contributed by atoms with Crippen LogP contribution in [-0.2, 0) is 4.79 Å². The van der Waals surface area contributed by atoms with E-state index in [0.717, 1.165) is 5.75 Å². The van der Waals surface area contributed by atoms with Crippen molar-refractivity contribution >= 4 is 5.78 Å². The fourth-order valence-electron chi connectivity index (χ4n) is 1.13. The van der Waals surface area contributed by atoms with Crippen LogP contribution >= 0.6 is 0 Å². The first-order valence-corrected chi connectivity index (χ1v) is 5.82. The summed E-state index contributed by atoms with van der Waals surface area (Å²) in [7, 11) is 0. The summed E-state index contributed by atoms with van der Waals surface area (Å²) in [6.07, 6.45) is 0. The summed E-state index contributed by atoms with van der Waals surface area (Å²) < 4.78 is 5.25. The Morgan fingerprint density at radius 2 is 1.69 bits per heavy atom. The Bertz CT molecular complexity index is 299. The van der Waals surface area contributed by atoms with Crippen LogP contribution in [0.4, 0.5) is 0 Å². The van der Waals surface area contributed by atoms with Crippen LogP contribution in [0.5, 0.6) is 5.75 Å². The molecule has 0 radical (unpaired) electrons. The molecule has 0 bridgehead atoms. The highest BCUT2D eigenvalue weighted by Gasteiger charge is 2.00. The molecule has 0 fully saturated rings. The molecule has 2 heteroatoms. The summed E-state index contributed by atoms with van der Waals surface area (Å²) in [5.41, 5.74) is 1.28. The van der Waals surface area contributed by atoms with Crippen molar-refractivity contribution in [2.45, 2.75) is 40.5 Å². The summed E-state index contributed by atoms with van der Waals surface area (Å²) in [5.74, 6) is 1.32. The van der Waals surface area contributed by atoms with Gasteiger partial charge in [-0.2, -0.15) is 0 Å². The third-order valence-corrected chi connectivity index (χ3v) is 1.99. The zero-order valence-electron chi connectivity index (χ0n) is 10.9. The minimum atomic E-state index is 0.0398. The smallest absolute Gasteiger partial charge is 0.167 e. The summed E-state index contributed by atoms with van der Waals surface area (Å²) in [4.78, 5) is 10.7. The maximum absolute atomic E-state index is 10.7. The van der Waals surface area contributed by atoms with E-state index in [2.05, 4.69) is 13.8 Å². The summed E-state index contributed by atoms with van der Waals surface area (Å²) in [6, 6.07) is 7.86. The molecule has 16 heavy (non-hydrogen) atoms. The van der Waals surface area contributed by atoms with E-state index in [1.807, 2.05) is 38.1 Å². The van der Waals surface area contributed by atoms with Crippen molar-refractivity contribution in [3.63, 3.8) is 0 Å². The Morgan fingerprint density at radius 3 is 2.06 bits per heavy atom. The van der Waals surface area contributed by atoms with Gasteiger partial charge in [-0.15, -0.1) is 0 Å². The van der Waals surface area contributed by atoms with E-state index >= 15 is 0 Å². The molecule has 1 aromatic carbocycles. The molecule has 90 valence electrons. The minimum Gasteiger partial charge on any atom is -0.486 e. The molecule has 0 amide bonds. The van der Waals surface area contributed by atoms with Gasteiger partial charge >= 0.3 is 0 Å².